The lowest BCUT2D eigenvalue weighted by Gasteiger charge is -2.08. The van der Waals surface area contributed by atoms with E-state index in [2.05, 4.69) is 5.32 Å². The van der Waals surface area contributed by atoms with Crippen LogP contribution in [0.25, 0.3) is 0 Å². The van der Waals surface area contributed by atoms with Gasteiger partial charge >= 0.3 is 0 Å². The van der Waals surface area contributed by atoms with Crippen LogP contribution in [0.3, 0.4) is 0 Å². The average molecular weight is 241 g/mol. The first kappa shape index (κ1) is 12.5. The van der Waals surface area contributed by atoms with Crippen molar-refractivity contribution in [1.82, 2.24) is 0 Å². The van der Waals surface area contributed by atoms with E-state index in [1.807, 2.05) is 0 Å². The Morgan fingerprint density at radius 2 is 2.19 bits per heavy atom. The van der Waals surface area contributed by atoms with Crippen molar-refractivity contribution in [2.24, 2.45) is 11.7 Å². The molecule has 0 aliphatic carbocycles. The molecule has 0 saturated carbocycles. The van der Waals surface area contributed by atoms with Gasteiger partial charge in [0.2, 0.25) is 11.8 Å². The number of nitrogens with two attached hydrogens (primary N) is 1. The lowest BCUT2D eigenvalue weighted by Crippen LogP contribution is -2.25. The molecule has 0 aliphatic heterocycles. The minimum absolute atomic E-state index is 0.0713. The second-order valence-corrected chi connectivity index (χ2v) is 4.00. The zero-order valence-corrected chi connectivity index (χ0v) is 9.62. The fraction of sp³-hybridized carbons (Fsp3) is 0.273. The van der Waals surface area contributed by atoms with Gasteiger partial charge in [-0.05, 0) is 18.2 Å². The van der Waals surface area contributed by atoms with Gasteiger partial charge in [-0.15, -0.1) is 0 Å². The number of carbonyl (C=O) groups excluding carboxylic acids is 2. The SMILES string of the molecule is CC(CC(=O)Nc1cccc(Cl)c1)C(N)=O. The van der Waals surface area contributed by atoms with Gasteiger partial charge in [-0.2, -0.15) is 0 Å². The van der Waals surface area contributed by atoms with Crippen molar-refractivity contribution in [3.8, 4) is 0 Å². The van der Waals surface area contributed by atoms with Crippen LogP contribution >= 0.6 is 11.6 Å². The van der Waals surface area contributed by atoms with Crippen molar-refractivity contribution < 1.29 is 9.59 Å². The summed E-state index contributed by atoms with van der Waals surface area (Å²) in [5, 5.41) is 3.18. The minimum atomic E-state index is -0.485. The van der Waals surface area contributed by atoms with E-state index in [0.717, 1.165) is 0 Å². The van der Waals surface area contributed by atoms with E-state index < -0.39 is 11.8 Å². The minimum Gasteiger partial charge on any atom is -0.369 e. The second-order valence-electron chi connectivity index (χ2n) is 3.57. The van der Waals surface area contributed by atoms with E-state index in [0.29, 0.717) is 10.7 Å². The second kappa shape index (κ2) is 5.51. The summed E-state index contributed by atoms with van der Waals surface area (Å²) in [4.78, 5) is 22.2. The van der Waals surface area contributed by atoms with Gasteiger partial charge < -0.3 is 11.1 Å². The Kier molecular flexibility index (Phi) is 4.31. The molecule has 1 aromatic carbocycles. The number of hydrogen-bond acceptors (Lipinski definition) is 2. The Labute approximate surface area is 98.8 Å². The Morgan fingerprint density at radius 1 is 1.50 bits per heavy atom. The van der Waals surface area contributed by atoms with Gasteiger partial charge in [-0.3, -0.25) is 9.59 Å². The van der Waals surface area contributed by atoms with Crippen LogP contribution in [-0.4, -0.2) is 11.8 Å². The molecule has 1 rings (SSSR count). The molecule has 1 atom stereocenters. The van der Waals surface area contributed by atoms with E-state index >= 15 is 0 Å². The van der Waals surface area contributed by atoms with Crippen molar-refractivity contribution in [2.45, 2.75) is 13.3 Å². The summed E-state index contributed by atoms with van der Waals surface area (Å²) in [5.41, 5.74) is 5.67. The molecule has 0 aliphatic rings. The van der Waals surface area contributed by atoms with Crippen molar-refractivity contribution >= 4 is 29.1 Å². The van der Waals surface area contributed by atoms with Crippen LogP contribution in [0.2, 0.25) is 5.02 Å². The van der Waals surface area contributed by atoms with Crippen molar-refractivity contribution in [3.05, 3.63) is 29.3 Å². The van der Waals surface area contributed by atoms with Crippen LogP contribution in [0.1, 0.15) is 13.3 Å². The number of nitrogens with one attached hydrogen (secondary N) is 1. The molecule has 0 heterocycles. The monoisotopic (exact) mass is 240 g/mol. The maximum absolute atomic E-state index is 11.5. The zero-order valence-electron chi connectivity index (χ0n) is 8.87. The molecule has 0 saturated heterocycles. The number of benzene rings is 1. The number of carbonyl (C=O) groups is 2. The first-order valence-electron chi connectivity index (χ1n) is 4.84. The highest BCUT2D eigenvalue weighted by atomic mass is 35.5. The van der Waals surface area contributed by atoms with Gasteiger partial charge in [0.25, 0.3) is 0 Å². The van der Waals surface area contributed by atoms with Crippen LogP contribution in [0.15, 0.2) is 24.3 Å². The quantitative estimate of drug-likeness (QED) is 0.842. The first-order chi connectivity index (χ1) is 7.49. The number of amides is 2. The molecule has 3 N–H and O–H groups in total. The number of hydrogen-bond donors (Lipinski definition) is 2. The van der Waals surface area contributed by atoms with Crippen LogP contribution in [0.4, 0.5) is 5.69 Å². The van der Waals surface area contributed by atoms with Gasteiger partial charge in [0, 0.05) is 23.0 Å². The molecule has 0 radical (unpaired) electrons. The van der Waals surface area contributed by atoms with Gasteiger partial charge in [0.15, 0.2) is 0 Å². The maximum Gasteiger partial charge on any atom is 0.225 e. The average Bonchev–Trinajstić information content (AvgIpc) is 2.16. The molecule has 1 aromatic rings. The zero-order chi connectivity index (χ0) is 12.1. The molecule has 0 fully saturated rings. The highest BCUT2D eigenvalue weighted by Crippen LogP contribution is 2.15. The van der Waals surface area contributed by atoms with Crippen molar-refractivity contribution in [3.63, 3.8) is 0 Å². The largest absolute Gasteiger partial charge is 0.369 e. The molecule has 0 bridgehead atoms. The highest BCUT2D eigenvalue weighted by Gasteiger charge is 2.13. The summed E-state index contributed by atoms with van der Waals surface area (Å²) in [6.07, 6.45) is 0.0713. The van der Waals surface area contributed by atoms with E-state index in [1.165, 1.54) is 0 Å². The Morgan fingerprint density at radius 3 is 2.75 bits per heavy atom. The summed E-state index contributed by atoms with van der Waals surface area (Å²) < 4.78 is 0. The van der Waals surface area contributed by atoms with Crippen molar-refractivity contribution in [2.75, 3.05) is 5.32 Å². The number of rotatable bonds is 4. The Bertz CT molecular complexity index is 407. The van der Waals surface area contributed by atoms with E-state index in [-0.39, 0.29) is 12.3 Å². The van der Waals surface area contributed by atoms with Gasteiger partial charge in [-0.25, -0.2) is 0 Å². The third kappa shape index (κ3) is 3.90. The smallest absolute Gasteiger partial charge is 0.225 e. The van der Waals surface area contributed by atoms with Crippen LogP contribution in [0, 0.1) is 5.92 Å². The summed E-state index contributed by atoms with van der Waals surface area (Å²) in [5.74, 6) is -1.21. The number of primary amides is 1. The molecule has 0 aromatic heterocycles. The van der Waals surface area contributed by atoms with Crippen LogP contribution in [0.5, 0.6) is 0 Å². The first-order valence-corrected chi connectivity index (χ1v) is 5.21. The van der Waals surface area contributed by atoms with Crippen LogP contribution in [-0.2, 0) is 9.59 Å². The third-order valence-corrected chi connectivity index (χ3v) is 2.32. The topological polar surface area (TPSA) is 72.2 Å². The summed E-state index contributed by atoms with van der Waals surface area (Å²) in [6.45, 7) is 1.61. The van der Waals surface area contributed by atoms with Crippen LogP contribution < -0.4 is 11.1 Å². The highest BCUT2D eigenvalue weighted by molar-refractivity contribution is 6.30. The lowest BCUT2D eigenvalue weighted by molar-refractivity contribution is -0.125. The molecule has 5 heteroatoms. The lowest BCUT2D eigenvalue weighted by atomic mass is 10.1. The molecule has 4 nitrogen and oxygen atoms in total. The summed E-state index contributed by atoms with van der Waals surface area (Å²) in [7, 11) is 0. The molecule has 2 amide bonds. The number of anilines is 1. The Hall–Kier alpha value is -1.55. The van der Waals surface area contributed by atoms with E-state index in [9.17, 15) is 9.59 Å². The summed E-state index contributed by atoms with van der Waals surface area (Å²) >= 11 is 5.76. The van der Waals surface area contributed by atoms with Crippen molar-refractivity contribution in [1.29, 1.82) is 0 Å². The maximum atomic E-state index is 11.5. The molecule has 16 heavy (non-hydrogen) atoms. The molecular weight excluding hydrogens is 228 g/mol. The van der Waals surface area contributed by atoms with E-state index in [4.69, 9.17) is 17.3 Å². The summed E-state index contributed by atoms with van der Waals surface area (Å²) in [6, 6.07) is 6.80. The fourth-order valence-corrected chi connectivity index (χ4v) is 1.35. The van der Waals surface area contributed by atoms with E-state index in [1.54, 1.807) is 31.2 Å². The predicted octanol–water partition coefficient (Wildman–Crippen LogP) is 1.79. The number of halogens is 1. The Balaban J connectivity index is 2.55. The fourth-order valence-electron chi connectivity index (χ4n) is 1.16. The normalized spacial score (nSPS) is 11.9. The molecule has 86 valence electrons. The van der Waals surface area contributed by atoms with Gasteiger partial charge in [0.1, 0.15) is 0 Å². The van der Waals surface area contributed by atoms with Gasteiger partial charge in [0.05, 0.1) is 0 Å². The standard InChI is InChI=1S/C11H13ClN2O2/c1-7(11(13)16)5-10(15)14-9-4-2-3-8(12)6-9/h2-4,6-7H,5H2,1H3,(H2,13,16)(H,14,15). The predicted molar refractivity (Wildman–Crippen MR) is 63.1 cm³/mol. The third-order valence-electron chi connectivity index (χ3n) is 2.09. The molecule has 1 unspecified atom stereocenters. The molecular formula is C11H13ClN2O2. The molecule has 0 spiro atoms. The van der Waals surface area contributed by atoms with Gasteiger partial charge in [-0.1, -0.05) is 24.6 Å².